The first kappa shape index (κ1) is 30.8. The summed E-state index contributed by atoms with van der Waals surface area (Å²) in [5.74, 6) is 0.619. The maximum Gasteiger partial charge on any atom is 0.225 e. The molecule has 0 saturated carbocycles. The van der Waals surface area contributed by atoms with Crippen molar-refractivity contribution in [1.29, 1.82) is 10.7 Å². The van der Waals surface area contributed by atoms with E-state index in [2.05, 4.69) is 53.2 Å². The fourth-order valence-electron chi connectivity index (χ4n) is 5.44. The quantitative estimate of drug-likeness (QED) is 0.210. The van der Waals surface area contributed by atoms with Crippen LogP contribution in [0.1, 0.15) is 74.1 Å². The summed E-state index contributed by atoms with van der Waals surface area (Å²) in [5.41, 5.74) is 3.91. The zero-order chi connectivity index (χ0) is 29.7. The van der Waals surface area contributed by atoms with Crippen LogP contribution in [0.2, 0.25) is 0 Å². The van der Waals surface area contributed by atoms with Crippen molar-refractivity contribution in [1.82, 2.24) is 19.8 Å². The summed E-state index contributed by atoms with van der Waals surface area (Å²) >= 11 is 6.46. The number of nitrogens with one attached hydrogen (secondary N) is 1. The normalized spacial score (nSPS) is 18.2. The lowest BCUT2D eigenvalue weighted by atomic mass is 9.84. The number of allylic oxidation sites excluding steroid dienone is 3. The molecular weight excluding hydrogens is 549 g/mol. The predicted octanol–water partition coefficient (Wildman–Crippen LogP) is 6.39. The molecule has 1 unspecified atom stereocenters. The summed E-state index contributed by atoms with van der Waals surface area (Å²) in [6.45, 7) is 14.6. The second-order valence-electron chi connectivity index (χ2n) is 12.2. The van der Waals surface area contributed by atoms with Crippen molar-refractivity contribution in [3.8, 4) is 6.07 Å². The number of hydrogen-bond donors (Lipinski definition) is 2. The zero-order valence-electron chi connectivity index (χ0n) is 24.9. The predicted molar refractivity (Wildman–Crippen MR) is 174 cm³/mol. The van der Waals surface area contributed by atoms with Gasteiger partial charge in [0.1, 0.15) is 11.1 Å². The van der Waals surface area contributed by atoms with Crippen LogP contribution in [0.25, 0.3) is 0 Å². The topological polar surface area (TPSA) is 95.5 Å². The number of thiol groups is 1. The van der Waals surface area contributed by atoms with E-state index in [9.17, 15) is 5.26 Å². The molecule has 0 aromatic carbocycles. The molecule has 0 radical (unpaired) electrons. The van der Waals surface area contributed by atoms with Gasteiger partial charge in [0.05, 0.1) is 23.3 Å². The lowest BCUT2D eigenvalue weighted by molar-refractivity contribution is 0.303. The summed E-state index contributed by atoms with van der Waals surface area (Å²) in [6.07, 6.45) is 10.1. The molecule has 1 N–H and O–H groups in total. The zero-order valence-corrected chi connectivity index (χ0v) is 26.7. The minimum absolute atomic E-state index is 0.0317. The summed E-state index contributed by atoms with van der Waals surface area (Å²) < 4.78 is 0. The molecule has 1 saturated heterocycles. The number of hydrogen-bond acceptors (Lipinski definition) is 9. The number of fused-ring (bicyclic) bond motifs is 1. The second kappa shape index (κ2) is 13.2. The van der Waals surface area contributed by atoms with E-state index in [-0.39, 0.29) is 11.3 Å². The largest absolute Gasteiger partial charge is 0.373 e. The first-order valence-electron chi connectivity index (χ1n) is 14.2. The van der Waals surface area contributed by atoms with E-state index < -0.39 is 0 Å². The molecule has 0 bridgehead atoms. The van der Waals surface area contributed by atoms with E-state index in [0.29, 0.717) is 22.9 Å². The average molecular weight is 591 g/mol. The molecule has 1 fully saturated rings. The Kier molecular flexibility index (Phi) is 9.92. The van der Waals surface area contributed by atoms with E-state index >= 15 is 0 Å². The van der Waals surface area contributed by atoms with E-state index in [1.54, 1.807) is 36.0 Å². The molecule has 10 heteroatoms. The van der Waals surface area contributed by atoms with Crippen LogP contribution in [-0.2, 0) is 6.42 Å². The average Bonchev–Trinajstić information content (AvgIpc) is 3.09. The van der Waals surface area contributed by atoms with Gasteiger partial charge in [0, 0.05) is 63.0 Å². The van der Waals surface area contributed by atoms with Gasteiger partial charge in [0.15, 0.2) is 0 Å². The Morgan fingerprint density at radius 3 is 2.78 bits per heavy atom. The van der Waals surface area contributed by atoms with Gasteiger partial charge in [-0.2, -0.15) is 5.26 Å². The molecule has 218 valence electrons. The van der Waals surface area contributed by atoms with Crippen LogP contribution in [0, 0.1) is 22.2 Å². The van der Waals surface area contributed by atoms with E-state index in [1.807, 2.05) is 19.0 Å². The summed E-state index contributed by atoms with van der Waals surface area (Å²) in [7, 11) is 3.83. The van der Waals surface area contributed by atoms with Gasteiger partial charge in [-0.1, -0.05) is 27.4 Å². The van der Waals surface area contributed by atoms with Crippen molar-refractivity contribution >= 4 is 47.0 Å². The Bertz CT molecular complexity index is 1380. The first-order chi connectivity index (χ1) is 19.5. The smallest absolute Gasteiger partial charge is 0.225 e. The van der Waals surface area contributed by atoms with Crippen LogP contribution in [0.4, 0.5) is 10.9 Å². The minimum atomic E-state index is -0.0317. The van der Waals surface area contributed by atoms with Gasteiger partial charge in [-0.15, -0.1) is 24.0 Å². The fourth-order valence-corrected chi connectivity index (χ4v) is 7.02. The summed E-state index contributed by atoms with van der Waals surface area (Å²) in [6, 6.07) is 4.18. The van der Waals surface area contributed by atoms with Crippen molar-refractivity contribution in [3.63, 3.8) is 0 Å². The van der Waals surface area contributed by atoms with Gasteiger partial charge in [0.25, 0.3) is 0 Å². The van der Waals surface area contributed by atoms with Crippen LogP contribution >= 0.6 is 24.0 Å². The number of aliphatic imine (C=N–C) groups is 1. The molecule has 1 aliphatic carbocycles. The molecule has 2 aromatic rings. The Morgan fingerprint density at radius 2 is 2.07 bits per heavy atom. The Balaban J connectivity index is 1.50. The maximum atomic E-state index is 10.0. The van der Waals surface area contributed by atoms with Gasteiger partial charge in [-0.25, -0.2) is 15.0 Å². The lowest BCUT2D eigenvalue weighted by Gasteiger charge is -2.30. The fraction of sp³-hybridized carbons (Fsp3) is 0.516. The number of rotatable bonds is 8. The molecule has 2 aliphatic rings. The highest BCUT2D eigenvalue weighted by Gasteiger charge is 2.30. The molecule has 4 rings (SSSR count). The number of aromatic nitrogens is 2. The standard InChI is InChI=1S/C31H42N8S2/c1-21(18-31(2,3)4)38-13-8-14-39(16-15-38)30-34-12-11-25(36-30)24(33)17-26(40)22-9-7-10-27-28(22)23(19-32)29(41-27)35-20-37(5)6/h11-12,17,20,22,33,40H,1,7-10,13-16,18H2,2-6H3/b26-17-,33-24?,35-20+. The van der Waals surface area contributed by atoms with Crippen LogP contribution in [0.3, 0.4) is 0 Å². The Hall–Kier alpha value is -3.16. The monoisotopic (exact) mass is 590 g/mol. The number of anilines is 1. The van der Waals surface area contributed by atoms with Crippen molar-refractivity contribution in [3.05, 3.63) is 57.2 Å². The SMILES string of the molecule is C=C(CC(C)(C)C)N1CCCN(c2nccc(C(=N)/C=C(\S)C3CCCc4sc(/N=C/N(C)C)c(C#N)c43)n2)CC1. The van der Waals surface area contributed by atoms with E-state index in [1.165, 1.54) is 10.6 Å². The van der Waals surface area contributed by atoms with Gasteiger partial charge in [-0.3, -0.25) is 5.41 Å². The molecule has 8 nitrogen and oxygen atoms in total. The van der Waals surface area contributed by atoms with Gasteiger partial charge in [0.2, 0.25) is 5.95 Å². The van der Waals surface area contributed by atoms with E-state index in [0.717, 1.165) is 73.8 Å². The third-order valence-corrected chi connectivity index (χ3v) is 8.91. The molecule has 1 atom stereocenters. The van der Waals surface area contributed by atoms with Crippen LogP contribution in [0.15, 0.2) is 40.5 Å². The molecule has 2 aromatic heterocycles. The summed E-state index contributed by atoms with van der Waals surface area (Å²) in [5, 5.41) is 19.6. The van der Waals surface area contributed by atoms with Crippen LogP contribution in [0.5, 0.6) is 0 Å². The lowest BCUT2D eigenvalue weighted by Crippen LogP contribution is -2.32. The summed E-state index contributed by atoms with van der Waals surface area (Å²) in [4.78, 5) is 22.3. The molecule has 1 aliphatic heterocycles. The number of nitriles is 1. The first-order valence-corrected chi connectivity index (χ1v) is 15.5. The van der Waals surface area contributed by atoms with Crippen molar-refractivity contribution in [2.75, 3.05) is 45.2 Å². The van der Waals surface area contributed by atoms with Gasteiger partial charge in [-0.05, 0) is 60.1 Å². The number of aryl methyl sites for hydroxylation is 1. The van der Waals surface area contributed by atoms with Crippen LogP contribution < -0.4 is 4.90 Å². The minimum Gasteiger partial charge on any atom is -0.373 e. The van der Waals surface area contributed by atoms with Crippen molar-refractivity contribution in [2.45, 2.75) is 58.8 Å². The van der Waals surface area contributed by atoms with Gasteiger partial charge >= 0.3 is 0 Å². The highest BCUT2D eigenvalue weighted by Crippen LogP contribution is 2.47. The van der Waals surface area contributed by atoms with Crippen LogP contribution in [-0.4, -0.2) is 72.1 Å². The molecule has 0 spiro atoms. The van der Waals surface area contributed by atoms with Gasteiger partial charge < -0.3 is 14.7 Å². The highest BCUT2D eigenvalue weighted by atomic mass is 32.1. The molecule has 41 heavy (non-hydrogen) atoms. The Morgan fingerprint density at radius 1 is 1.29 bits per heavy atom. The highest BCUT2D eigenvalue weighted by molar-refractivity contribution is 7.84. The molecule has 0 amide bonds. The molecule has 3 heterocycles. The number of nitrogens with zero attached hydrogens (tertiary/aromatic N) is 7. The number of thiophene rings is 1. The van der Waals surface area contributed by atoms with Crippen molar-refractivity contribution < 1.29 is 0 Å². The van der Waals surface area contributed by atoms with E-state index in [4.69, 9.17) is 23.0 Å². The van der Waals surface area contributed by atoms with Crippen molar-refractivity contribution in [2.24, 2.45) is 10.4 Å². The maximum absolute atomic E-state index is 10.0. The third kappa shape index (κ3) is 7.77. The second-order valence-corrected chi connectivity index (χ2v) is 13.8. The Labute approximate surface area is 254 Å². The third-order valence-electron chi connectivity index (χ3n) is 7.29. The molecular formula is C31H42N8S2.